The quantitative estimate of drug-likeness (QED) is 0.306. The second-order valence-electron chi connectivity index (χ2n) is 11.6. The van der Waals surface area contributed by atoms with Gasteiger partial charge in [-0.2, -0.15) is 0 Å². The second-order valence-corrected chi connectivity index (χ2v) is 12.0. The lowest BCUT2D eigenvalue weighted by Crippen LogP contribution is -2.47. The number of nitrogens with zero attached hydrogens (tertiary/aromatic N) is 2. The lowest BCUT2D eigenvalue weighted by atomic mass is 9.98. The van der Waals surface area contributed by atoms with E-state index in [0.29, 0.717) is 52.1 Å². The van der Waals surface area contributed by atoms with Gasteiger partial charge in [0.1, 0.15) is 18.0 Å². The van der Waals surface area contributed by atoms with Gasteiger partial charge in [0, 0.05) is 42.0 Å². The molecule has 1 aromatic carbocycles. The maximum Gasteiger partial charge on any atom is 0.414 e. The Morgan fingerprint density at radius 1 is 1.24 bits per heavy atom. The minimum Gasteiger partial charge on any atom is -0.493 e. The largest absolute Gasteiger partial charge is 0.493 e. The molecule has 3 aliphatic rings. The van der Waals surface area contributed by atoms with Crippen LogP contribution in [0.25, 0.3) is 11.3 Å². The van der Waals surface area contributed by atoms with Gasteiger partial charge in [-0.25, -0.2) is 4.79 Å². The van der Waals surface area contributed by atoms with E-state index in [9.17, 15) is 9.59 Å². The number of pyridine rings is 1. The Morgan fingerprint density at radius 2 is 2.07 bits per heavy atom. The standard InChI is InChI=1S/C31H34ClN5O5/c1-31(2,3)42-30(39)37-18-9-8-17(14-18)23(37)16-41-24-15-33-12-10-19(24)26-27(25-21(35-26)11-13-34-29(25)38)36-22-7-5-6-20(32)28(22)40-4/h5-7,10,12,14-15,17,23,35-36H,8-9,11,13,16H2,1-4H3,(H,34,38)/t17-,23+/m1/s1. The highest BCUT2D eigenvalue weighted by Gasteiger charge is 2.44. The van der Waals surface area contributed by atoms with Crippen LogP contribution in [0, 0.1) is 5.92 Å². The number of amides is 2. The summed E-state index contributed by atoms with van der Waals surface area (Å²) in [6.07, 6.45) is 7.59. The van der Waals surface area contributed by atoms with E-state index in [1.165, 1.54) is 0 Å². The van der Waals surface area contributed by atoms with Crippen LogP contribution in [0.4, 0.5) is 16.2 Å². The van der Waals surface area contributed by atoms with Gasteiger partial charge in [-0.15, -0.1) is 0 Å². The average molecular weight is 592 g/mol. The number of H-pyrrole nitrogens is 1. The monoisotopic (exact) mass is 591 g/mol. The van der Waals surface area contributed by atoms with Crippen molar-refractivity contribution in [2.45, 2.75) is 51.7 Å². The normalized spacial score (nSPS) is 19.2. The number of carbonyl (C=O) groups is 2. The Bertz CT molecular complexity index is 1580. The molecule has 220 valence electrons. The first-order valence-corrected chi connectivity index (χ1v) is 14.4. The highest BCUT2D eigenvalue weighted by atomic mass is 35.5. The number of halogens is 1. The molecule has 2 aliphatic heterocycles. The summed E-state index contributed by atoms with van der Waals surface area (Å²) >= 11 is 6.40. The molecule has 2 aromatic heterocycles. The molecule has 0 unspecified atom stereocenters. The minimum absolute atomic E-state index is 0.179. The molecule has 42 heavy (non-hydrogen) atoms. The van der Waals surface area contributed by atoms with Crippen LogP contribution in [0.5, 0.6) is 11.5 Å². The number of aromatic nitrogens is 2. The van der Waals surface area contributed by atoms with Gasteiger partial charge >= 0.3 is 6.09 Å². The number of nitrogens with one attached hydrogen (secondary N) is 3. The first-order valence-electron chi connectivity index (χ1n) is 14.1. The molecule has 0 fully saturated rings. The van der Waals surface area contributed by atoms with Crippen molar-refractivity contribution in [3.63, 3.8) is 0 Å². The number of aromatic amines is 1. The van der Waals surface area contributed by atoms with E-state index >= 15 is 0 Å². The number of carbonyl (C=O) groups excluding carboxylic acids is 2. The van der Waals surface area contributed by atoms with Gasteiger partial charge in [0.25, 0.3) is 5.91 Å². The van der Waals surface area contributed by atoms with Gasteiger partial charge in [0.15, 0.2) is 5.75 Å². The van der Waals surface area contributed by atoms with Crippen molar-refractivity contribution in [1.29, 1.82) is 0 Å². The molecule has 2 atom stereocenters. The van der Waals surface area contributed by atoms with Crippen molar-refractivity contribution in [3.8, 4) is 22.8 Å². The van der Waals surface area contributed by atoms with Gasteiger partial charge in [0.05, 0.1) is 47.0 Å². The third-order valence-corrected chi connectivity index (χ3v) is 8.02. The molecule has 2 amide bonds. The van der Waals surface area contributed by atoms with Crippen molar-refractivity contribution in [3.05, 3.63) is 64.7 Å². The number of hydrogen-bond acceptors (Lipinski definition) is 7. The number of rotatable bonds is 7. The van der Waals surface area contributed by atoms with Gasteiger partial charge in [-0.3, -0.25) is 14.7 Å². The summed E-state index contributed by atoms with van der Waals surface area (Å²) in [4.78, 5) is 35.7. The fourth-order valence-corrected chi connectivity index (χ4v) is 6.18. The number of methoxy groups -OCH3 is 1. The van der Waals surface area contributed by atoms with Crippen molar-refractivity contribution in [1.82, 2.24) is 20.2 Å². The molecule has 3 aromatic rings. The fraction of sp³-hybridized carbons (Fsp3) is 0.387. The van der Waals surface area contributed by atoms with E-state index in [4.69, 9.17) is 25.8 Å². The van der Waals surface area contributed by atoms with Gasteiger partial charge in [0.2, 0.25) is 0 Å². The number of piperidine rings is 1. The number of likely N-dealkylation sites (tertiary alicyclic amines) is 1. The zero-order chi connectivity index (χ0) is 29.6. The van der Waals surface area contributed by atoms with Crippen LogP contribution >= 0.6 is 11.6 Å². The number of hydrogen-bond donors (Lipinski definition) is 3. The van der Waals surface area contributed by atoms with E-state index in [2.05, 4.69) is 26.7 Å². The van der Waals surface area contributed by atoms with Crippen molar-refractivity contribution < 1.29 is 23.8 Å². The number of para-hydroxylation sites is 1. The highest BCUT2D eigenvalue weighted by Crippen LogP contribution is 2.44. The number of fused-ring (bicyclic) bond motifs is 2. The summed E-state index contributed by atoms with van der Waals surface area (Å²) in [5.74, 6) is 1.01. The SMILES string of the molecule is COc1c(Cl)cccc1Nc1c(-c2ccncc2OC[C@H]2[C@H]3C=C(CC3)N2C(=O)OC(C)(C)C)[nH]c2c1C(=O)NCC2. The summed E-state index contributed by atoms with van der Waals surface area (Å²) in [6.45, 7) is 6.38. The Labute approximate surface area is 249 Å². The Kier molecular flexibility index (Phi) is 7.26. The maximum atomic E-state index is 13.1. The van der Waals surface area contributed by atoms with Crippen molar-refractivity contribution in [2.24, 2.45) is 5.92 Å². The second kappa shape index (κ2) is 10.9. The summed E-state index contributed by atoms with van der Waals surface area (Å²) in [5, 5.41) is 6.79. The maximum absolute atomic E-state index is 13.1. The summed E-state index contributed by atoms with van der Waals surface area (Å²) in [5.41, 5.74) is 4.32. The molecule has 1 aliphatic carbocycles. The predicted octanol–water partition coefficient (Wildman–Crippen LogP) is 6.06. The Morgan fingerprint density at radius 3 is 2.86 bits per heavy atom. The van der Waals surface area contributed by atoms with E-state index in [1.54, 1.807) is 30.5 Å². The van der Waals surface area contributed by atoms with E-state index in [0.717, 1.165) is 29.8 Å². The zero-order valence-corrected chi connectivity index (χ0v) is 24.8. The summed E-state index contributed by atoms with van der Waals surface area (Å²) in [6, 6.07) is 7.05. The van der Waals surface area contributed by atoms with Gasteiger partial charge in [-0.05, 0) is 51.8 Å². The Balaban J connectivity index is 1.33. The third-order valence-electron chi connectivity index (χ3n) is 7.73. The number of anilines is 2. The van der Waals surface area contributed by atoms with E-state index < -0.39 is 5.60 Å². The first kappa shape index (κ1) is 28.0. The first-order chi connectivity index (χ1) is 20.1. The topological polar surface area (TPSA) is 118 Å². The molecule has 0 saturated heterocycles. The molecule has 0 radical (unpaired) electrons. The average Bonchev–Trinajstić information content (AvgIpc) is 3.65. The lowest BCUT2D eigenvalue weighted by Gasteiger charge is -2.35. The summed E-state index contributed by atoms with van der Waals surface area (Å²) in [7, 11) is 1.55. The number of benzene rings is 1. The van der Waals surface area contributed by atoms with Gasteiger partial charge in [-0.1, -0.05) is 23.7 Å². The van der Waals surface area contributed by atoms with Crippen molar-refractivity contribution >= 4 is 35.0 Å². The van der Waals surface area contributed by atoms with Crippen LogP contribution in [0.1, 0.15) is 49.7 Å². The van der Waals surface area contributed by atoms with Crippen LogP contribution in [-0.4, -0.2) is 58.8 Å². The van der Waals surface area contributed by atoms with Crippen LogP contribution in [0.3, 0.4) is 0 Å². The smallest absolute Gasteiger partial charge is 0.414 e. The molecule has 11 heteroatoms. The molecule has 0 spiro atoms. The van der Waals surface area contributed by atoms with Crippen molar-refractivity contribution in [2.75, 3.05) is 25.6 Å². The van der Waals surface area contributed by atoms with Crippen LogP contribution in [-0.2, 0) is 11.2 Å². The third kappa shape index (κ3) is 5.15. The van der Waals surface area contributed by atoms with Crippen LogP contribution < -0.4 is 20.1 Å². The molecular weight excluding hydrogens is 558 g/mol. The lowest BCUT2D eigenvalue weighted by molar-refractivity contribution is 0.0145. The Hall–Kier alpha value is -4.18. The van der Waals surface area contributed by atoms with Crippen LogP contribution in [0.15, 0.2) is 48.4 Å². The molecule has 6 rings (SSSR count). The predicted molar refractivity (Wildman–Crippen MR) is 160 cm³/mol. The number of ether oxygens (including phenoxy) is 3. The molecule has 0 saturated carbocycles. The number of allylic oxidation sites excluding steroid dienone is 1. The van der Waals surface area contributed by atoms with E-state index in [-0.39, 0.29) is 30.6 Å². The highest BCUT2D eigenvalue weighted by molar-refractivity contribution is 6.32. The molecule has 3 N–H and O–H groups in total. The van der Waals surface area contributed by atoms with Crippen LogP contribution in [0.2, 0.25) is 5.02 Å². The molecule has 4 heterocycles. The minimum atomic E-state index is -0.602. The molecular formula is C31H34ClN5O5. The molecule has 2 bridgehead atoms. The van der Waals surface area contributed by atoms with E-state index in [1.807, 2.05) is 39.0 Å². The fourth-order valence-electron chi connectivity index (χ4n) is 5.93. The van der Waals surface area contributed by atoms with Gasteiger partial charge < -0.3 is 29.8 Å². The zero-order valence-electron chi connectivity index (χ0n) is 24.0. The summed E-state index contributed by atoms with van der Waals surface area (Å²) < 4.78 is 17.7. The molecule has 10 nitrogen and oxygen atoms in total.